The molecule has 3 heteroatoms. The molecule has 3 aromatic rings. The molecule has 0 aliphatic rings. The van der Waals surface area contributed by atoms with Gasteiger partial charge in [0.2, 0.25) is 0 Å². The van der Waals surface area contributed by atoms with Crippen molar-refractivity contribution in [2.75, 3.05) is 13.2 Å². The molecule has 3 rings (SSSR count). The van der Waals surface area contributed by atoms with Crippen LogP contribution in [0.25, 0.3) is 10.9 Å². The average Bonchev–Trinajstić information content (AvgIpc) is 2.75. The molecule has 0 amide bonds. The highest BCUT2D eigenvalue weighted by Gasteiger charge is 2.07. The summed E-state index contributed by atoms with van der Waals surface area (Å²) in [6.45, 7) is 1.86. The molecule has 148 valence electrons. The van der Waals surface area contributed by atoms with Crippen molar-refractivity contribution in [2.45, 2.75) is 51.5 Å². The first-order valence-electron chi connectivity index (χ1n) is 10.6. The summed E-state index contributed by atoms with van der Waals surface area (Å²) in [4.78, 5) is 4.64. The number of aryl methyl sites for hydroxylation is 2. The first-order chi connectivity index (χ1) is 13.9. The fourth-order valence-corrected chi connectivity index (χ4v) is 3.72. The number of hydrogen-bond acceptors (Lipinski definition) is 3. The van der Waals surface area contributed by atoms with Gasteiger partial charge in [-0.3, -0.25) is 4.98 Å². The third kappa shape index (κ3) is 6.15. The maximum absolute atomic E-state index is 8.91. The summed E-state index contributed by atoms with van der Waals surface area (Å²) in [7, 11) is 0. The molecule has 0 atom stereocenters. The van der Waals surface area contributed by atoms with Gasteiger partial charge in [-0.15, -0.1) is 0 Å². The highest BCUT2D eigenvalue weighted by molar-refractivity contribution is 5.85. The quantitative estimate of drug-likeness (QED) is 0.435. The van der Waals surface area contributed by atoms with E-state index in [1.807, 2.05) is 12.3 Å². The minimum absolute atomic E-state index is 0.232. The second-order valence-corrected chi connectivity index (χ2v) is 7.44. The first kappa shape index (κ1) is 20.5. The van der Waals surface area contributed by atoms with Crippen LogP contribution in [0.4, 0.5) is 0 Å². The van der Waals surface area contributed by atoms with Crippen molar-refractivity contribution in [3.8, 4) is 0 Å². The molecule has 3 nitrogen and oxygen atoms in total. The van der Waals surface area contributed by atoms with Crippen LogP contribution in [0.3, 0.4) is 0 Å². The second kappa shape index (κ2) is 11.6. The van der Waals surface area contributed by atoms with Crippen molar-refractivity contribution >= 4 is 10.9 Å². The summed E-state index contributed by atoms with van der Waals surface area (Å²) in [5.74, 6) is 0. The Balaban J connectivity index is 1.49. The summed E-state index contributed by atoms with van der Waals surface area (Å²) in [5.41, 5.74) is 5.20. The molecule has 1 heterocycles. The third-order valence-corrected chi connectivity index (χ3v) is 5.28. The van der Waals surface area contributed by atoms with E-state index in [9.17, 15) is 0 Å². The molecule has 0 spiro atoms. The lowest BCUT2D eigenvalue weighted by Gasteiger charge is -2.11. The Kier molecular flexibility index (Phi) is 8.48. The molecular weight excluding hydrogens is 344 g/mol. The van der Waals surface area contributed by atoms with Gasteiger partial charge in [0.15, 0.2) is 0 Å². The van der Waals surface area contributed by atoms with E-state index in [4.69, 9.17) is 5.11 Å². The molecule has 28 heavy (non-hydrogen) atoms. The van der Waals surface area contributed by atoms with Crippen molar-refractivity contribution in [1.29, 1.82) is 0 Å². The predicted molar refractivity (Wildman–Crippen MR) is 117 cm³/mol. The smallest absolute Gasteiger partial charge is 0.0749 e. The van der Waals surface area contributed by atoms with E-state index >= 15 is 0 Å². The summed E-state index contributed by atoms with van der Waals surface area (Å²) >= 11 is 0. The number of fused-ring (bicyclic) bond motifs is 1. The Morgan fingerprint density at radius 2 is 1.54 bits per heavy atom. The minimum Gasteiger partial charge on any atom is -0.396 e. The van der Waals surface area contributed by atoms with Crippen molar-refractivity contribution < 1.29 is 5.11 Å². The molecule has 1 aromatic heterocycles. The molecule has 0 unspecified atom stereocenters. The topological polar surface area (TPSA) is 45.1 Å². The van der Waals surface area contributed by atoms with E-state index in [0.29, 0.717) is 0 Å². The van der Waals surface area contributed by atoms with E-state index in [1.165, 1.54) is 54.2 Å². The monoisotopic (exact) mass is 376 g/mol. The van der Waals surface area contributed by atoms with Gasteiger partial charge in [-0.2, -0.15) is 0 Å². The Bertz CT molecular complexity index is 832. The molecule has 0 aliphatic heterocycles. The van der Waals surface area contributed by atoms with Crippen molar-refractivity contribution in [3.05, 3.63) is 77.5 Å². The lowest BCUT2D eigenvalue weighted by molar-refractivity contribution is 0.286. The van der Waals surface area contributed by atoms with E-state index in [-0.39, 0.29) is 6.61 Å². The van der Waals surface area contributed by atoms with Gasteiger partial charge in [0, 0.05) is 24.7 Å². The van der Waals surface area contributed by atoms with Gasteiger partial charge in [0.05, 0.1) is 5.52 Å². The number of pyridine rings is 1. The number of hydrogen-bond donors (Lipinski definition) is 2. The van der Waals surface area contributed by atoms with E-state index in [1.54, 1.807) is 0 Å². The third-order valence-electron chi connectivity index (χ3n) is 5.28. The molecule has 0 bridgehead atoms. The number of aromatic nitrogens is 1. The summed E-state index contributed by atoms with van der Waals surface area (Å²) in [6, 6.07) is 19.5. The van der Waals surface area contributed by atoms with Crippen LogP contribution in [0.15, 0.2) is 60.8 Å². The largest absolute Gasteiger partial charge is 0.396 e. The maximum atomic E-state index is 8.91. The van der Waals surface area contributed by atoms with Crippen LogP contribution in [0.5, 0.6) is 0 Å². The van der Waals surface area contributed by atoms with Crippen LogP contribution in [0.1, 0.15) is 48.8 Å². The van der Waals surface area contributed by atoms with Crippen LogP contribution >= 0.6 is 0 Å². The second-order valence-electron chi connectivity index (χ2n) is 7.44. The van der Waals surface area contributed by atoms with Crippen LogP contribution in [0, 0.1) is 0 Å². The minimum atomic E-state index is 0.232. The van der Waals surface area contributed by atoms with Gasteiger partial charge >= 0.3 is 0 Å². The van der Waals surface area contributed by atoms with E-state index < -0.39 is 0 Å². The fraction of sp³-hybridized carbons (Fsp3) is 0.400. The summed E-state index contributed by atoms with van der Waals surface area (Å²) < 4.78 is 0. The van der Waals surface area contributed by atoms with Crippen LogP contribution < -0.4 is 5.32 Å². The van der Waals surface area contributed by atoms with Gasteiger partial charge in [-0.1, -0.05) is 61.4 Å². The van der Waals surface area contributed by atoms with Crippen molar-refractivity contribution in [3.63, 3.8) is 0 Å². The van der Waals surface area contributed by atoms with Crippen molar-refractivity contribution in [1.82, 2.24) is 10.3 Å². The number of nitrogens with zero attached hydrogens (tertiary/aromatic N) is 1. The van der Waals surface area contributed by atoms with Crippen LogP contribution in [-0.2, 0) is 19.4 Å². The molecule has 2 N–H and O–H groups in total. The zero-order valence-corrected chi connectivity index (χ0v) is 16.7. The number of unbranched alkanes of at least 4 members (excludes halogenated alkanes) is 3. The predicted octanol–water partition coefficient (Wildman–Crippen LogP) is 5.05. The molecule has 0 radical (unpaired) electrons. The first-order valence-corrected chi connectivity index (χ1v) is 10.6. The Labute approximate surface area is 168 Å². The molecule has 2 aromatic carbocycles. The number of aliphatic hydroxyl groups is 1. The van der Waals surface area contributed by atoms with Crippen LogP contribution in [0.2, 0.25) is 0 Å². The van der Waals surface area contributed by atoms with Gasteiger partial charge in [0.25, 0.3) is 0 Å². The van der Waals surface area contributed by atoms with Crippen molar-refractivity contribution in [2.24, 2.45) is 0 Å². The van der Waals surface area contributed by atoms with Crippen LogP contribution in [-0.4, -0.2) is 23.2 Å². The zero-order chi connectivity index (χ0) is 19.4. The Hall–Kier alpha value is -2.23. The molecule has 0 fully saturated rings. The fourth-order valence-electron chi connectivity index (χ4n) is 3.72. The lowest BCUT2D eigenvalue weighted by Crippen LogP contribution is -2.16. The summed E-state index contributed by atoms with van der Waals surface area (Å²) in [6.07, 6.45) is 10.0. The lowest BCUT2D eigenvalue weighted by atomic mass is 9.98. The number of rotatable bonds is 12. The van der Waals surface area contributed by atoms with Gasteiger partial charge in [0.1, 0.15) is 0 Å². The summed E-state index contributed by atoms with van der Waals surface area (Å²) in [5, 5.41) is 13.6. The Morgan fingerprint density at radius 3 is 2.36 bits per heavy atom. The SMILES string of the molecule is OCCCNCc1ccc(CCCCCCc2ccccc2)c2cccnc12. The number of aliphatic hydroxyl groups excluding tert-OH is 1. The highest BCUT2D eigenvalue weighted by atomic mass is 16.3. The normalized spacial score (nSPS) is 11.2. The maximum Gasteiger partial charge on any atom is 0.0749 e. The van der Waals surface area contributed by atoms with Gasteiger partial charge in [-0.05, 0) is 61.4 Å². The average molecular weight is 377 g/mol. The van der Waals surface area contributed by atoms with Gasteiger partial charge in [-0.25, -0.2) is 0 Å². The molecular formula is C25H32N2O. The van der Waals surface area contributed by atoms with E-state index in [2.05, 4.69) is 58.8 Å². The standard InChI is InChI=1S/C25H32N2O/c28-19-9-17-26-20-23-16-15-22(24-14-8-18-27-25(23)24)13-7-2-1-4-10-21-11-5-3-6-12-21/h3,5-6,8,11-12,14-16,18,26,28H,1-2,4,7,9-10,13,17,19-20H2. The van der Waals surface area contributed by atoms with Gasteiger partial charge < -0.3 is 10.4 Å². The molecule has 0 saturated heterocycles. The van der Waals surface area contributed by atoms with E-state index in [0.717, 1.165) is 31.4 Å². The number of benzene rings is 2. The Morgan fingerprint density at radius 1 is 0.750 bits per heavy atom. The highest BCUT2D eigenvalue weighted by Crippen LogP contribution is 2.23. The zero-order valence-electron chi connectivity index (χ0n) is 16.7. The molecule has 0 saturated carbocycles. The molecule has 0 aliphatic carbocycles. The number of nitrogens with one attached hydrogen (secondary N) is 1.